The molecule has 2 aliphatic carbocycles. The lowest BCUT2D eigenvalue weighted by Crippen LogP contribution is -2.54. The molecule has 0 heterocycles. The Balaban J connectivity index is 0.000000395. The molecule has 2 saturated carbocycles. The predicted octanol–water partition coefficient (Wildman–Crippen LogP) is 11.6. The van der Waals surface area contributed by atoms with Gasteiger partial charge in [-0.05, 0) is 114 Å². The fraction of sp³-hybridized carbons (Fsp3) is 0.654. The maximum Gasteiger partial charge on any atom is 0.413 e. The van der Waals surface area contributed by atoms with E-state index >= 15 is 0 Å². The van der Waals surface area contributed by atoms with E-state index in [9.17, 15) is 28.8 Å². The van der Waals surface area contributed by atoms with Crippen LogP contribution >= 0.6 is 34.8 Å². The van der Waals surface area contributed by atoms with Crippen molar-refractivity contribution in [1.82, 2.24) is 19.6 Å². The van der Waals surface area contributed by atoms with Crippen molar-refractivity contribution in [2.45, 2.75) is 156 Å². The Kier molecular flexibility index (Phi) is 27.2. The van der Waals surface area contributed by atoms with Crippen molar-refractivity contribution in [1.29, 1.82) is 0 Å². The molecule has 2 amide bonds. The molecule has 388 valence electrons. The molecular formula is C52H79Cl3N4O10. The van der Waals surface area contributed by atoms with E-state index in [-0.39, 0.29) is 35.5 Å². The number of hydrogen-bond acceptors (Lipinski definition) is 11. The molecule has 0 aromatic heterocycles. The zero-order valence-corrected chi connectivity index (χ0v) is 45.0. The number of likely N-dealkylation sites (N-methyl/N-ethyl adjacent to an activating group) is 2. The average Bonchev–Trinajstić information content (AvgIpc) is 3.30. The standard InChI is InChI=1S/C26H39ClN2O5.C15H17Cl2NO3.C11H23NO2/c1-6-16-29(17-7-2)23(19(3)4)24(31)33-18-34-25(32)28(5)26(15-11-10-14-22(26)30)20-12-8-9-13-21(20)27;1-18(14(20)21-10-16)15(9-5-4-8-13(15)19)11-6-2-3-7-12(11)17;1-5-7-12(8-6-2)10(9(3)4)11(13)14/h8-9,12-13,19,23H,6-7,10-11,14-18H2,1-5H3;2-3,6-7H,4-5,8-10H2,1H3;9-10H,5-8H2,1-4H3,(H,13,14)/t23-,26-;15-;10-/m000/s1. The number of amides is 2. The molecule has 14 nitrogen and oxygen atoms in total. The summed E-state index contributed by atoms with van der Waals surface area (Å²) >= 11 is 18.2. The number of carboxylic acid groups (broad SMARTS) is 1. The number of halogens is 3. The Hall–Kier alpha value is -3.95. The first-order chi connectivity index (χ1) is 32.8. The number of hydrogen-bond donors (Lipinski definition) is 1. The minimum Gasteiger partial charge on any atom is -0.480 e. The summed E-state index contributed by atoms with van der Waals surface area (Å²) in [6.07, 6.45) is 7.50. The summed E-state index contributed by atoms with van der Waals surface area (Å²) in [5, 5.41) is 10.0. The van der Waals surface area contributed by atoms with Crippen LogP contribution in [0.3, 0.4) is 0 Å². The van der Waals surface area contributed by atoms with Gasteiger partial charge in [-0.15, -0.1) is 0 Å². The Bertz CT molecular complexity index is 1940. The second kappa shape index (κ2) is 30.7. The first-order valence-electron chi connectivity index (χ1n) is 24.6. The fourth-order valence-corrected chi connectivity index (χ4v) is 10.3. The van der Waals surface area contributed by atoms with Crippen LogP contribution in [0.1, 0.15) is 144 Å². The lowest BCUT2D eigenvalue weighted by molar-refractivity contribution is -0.161. The first kappa shape index (κ1) is 61.2. The van der Waals surface area contributed by atoms with Crippen molar-refractivity contribution in [2.75, 3.05) is 53.1 Å². The number of nitrogens with zero attached hydrogens (tertiary/aromatic N) is 4. The van der Waals surface area contributed by atoms with E-state index in [4.69, 9.17) is 54.1 Å². The molecule has 0 radical (unpaired) electrons. The van der Waals surface area contributed by atoms with Crippen LogP contribution in [0.25, 0.3) is 0 Å². The molecule has 17 heteroatoms. The van der Waals surface area contributed by atoms with Crippen LogP contribution in [-0.2, 0) is 44.5 Å². The fourth-order valence-electron chi connectivity index (χ4n) is 9.67. The van der Waals surface area contributed by atoms with E-state index in [1.54, 1.807) is 49.5 Å². The van der Waals surface area contributed by atoms with Gasteiger partial charge >= 0.3 is 24.1 Å². The summed E-state index contributed by atoms with van der Waals surface area (Å²) in [4.78, 5) is 81.7. The number of esters is 1. The molecule has 2 aromatic rings. The monoisotopic (exact) mass is 1020 g/mol. The minimum atomic E-state index is -1.20. The third-order valence-corrected chi connectivity index (χ3v) is 13.6. The van der Waals surface area contributed by atoms with Gasteiger partial charge < -0.3 is 19.3 Å². The number of carboxylic acids is 1. The van der Waals surface area contributed by atoms with Gasteiger partial charge in [-0.1, -0.05) is 127 Å². The van der Waals surface area contributed by atoms with E-state index in [2.05, 4.69) is 37.5 Å². The van der Waals surface area contributed by atoms with Gasteiger partial charge in [0.1, 0.15) is 23.2 Å². The number of ether oxygens (including phenoxy) is 3. The molecule has 0 aliphatic heterocycles. The number of aliphatic carboxylic acids is 1. The SMILES string of the molecule is CCCN(CCC)[C@H](C(=O)O)C(C)C.CCCN(CCC)[C@H](C(=O)OCOC(=O)N(C)[C@]1(c2ccccc2Cl)CCCCC1=O)C(C)C.CN(C(=O)OCCl)[C@]1(c2ccccc2Cl)CCCCC1=O. The van der Waals surface area contributed by atoms with Crippen LogP contribution in [0.4, 0.5) is 9.59 Å². The molecule has 4 atom stereocenters. The molecule has 69 heavy (non-hydrogen) atoms. The molecule has 2 aromatic carbocycles. The third-order valence-electron chi connectivity index (χ3n) is 12.8. The van der Waals surface area contributed by atoms with Crippen LogP contribution in [0.5, 0.6) is 0 Å². The number of rotatable bonds is 21. The largest absolute Gasteiger partial charge is 0.480 e. The minimum absolute atomic E-state index is 0.0177. The molecule has 0 unspecified atom stereocenters. The molecular weight excluding hydrogens is 947 g/mol. The highest BCUT2D eigenvalue weighted by atomic mass is 35.5. The maximum absolute atomic E-state index is 13.2. The van der Waals surface area contributed by atoms with E-state index < -0.39 is 48.0 Å². The molecule has 1 N–H and O–H groups in total. The summed E-state index contributed by atoms with van der Waals surface area (Å²) in [7, 11) is 3.10. The highest BCUT2D eigenvalue weighted by Gasteiger charge is 2.50. The number of carbonyl (C=O) groups excluding carboxylic acids is 5. The van der Waals surface area contributed by atoms with Crippen molar-refractivity contribution in [3.63, 3.8) is 0 Å². The lowest BCUT2D eigenvalue weighted by atomic mass is 9.74. The van der Waals surface area contributed by atoms with Crippen molar-refractivity contribution in [3.05, 3.63) is 69.7 Å². The highest BCUT2D eigenvalue weighted by molar-refractivity contribution is 6.32. The highest BCUT2D eigenvalue weighted by Crippen LogP contribution is 2.44. The van der Waals surface area contributed by atoms with Crippen LogP contribution in [0, 0.1) is 11.8 Å². The van der Waals surface area contributed by atoms with Gasteiger partial charge in [0, 0.05) is 48.1 Å². The second-order valence-electron chi connectivity index (χ2n) is 18.4. The van der Waals surface area contributed by atoms with Crippen molar-refractivity contribution < 1.29 is 48.1 Å². The number of benzene rings is 2. The van der Waals surface area contributed by atoms with Crippen LogP contribution in [0.15, 0.2) is 48.5 Å². The third kappa shape index (κ3) is 16.3. The zero-order valence-electron chi connectivity index (χ0n) is 42.7. The molecule has 2 fully saturated rings. The topological polar surface area (TPSA) is 163 Å². The van der Waals surface area contributed by atoms with E-state index in [0.29, 0.717) is 46.9 Å². The smallest absolute Gasteiger partial charge is 0.413 e. The van der Waals surface area contributed by atoms with Gasteiger partial charge in [0.15, 0.2) is 17.6 Å². The lowest BCUT2D eigenvalue weighted by Gasteiger charge is -2.43. The maximum atomic E-state index is 13.2. The number of Topliss-reactive ketones (excluding diaryl/α,β-unsaturated/α-hetero) is 2. The Morgan fingerprint density at radius 2 is 0.986 bits per heavy atom. The van der Waals surface area contributed by atoms with Crippen LogP contribution in [0.2, 0.25) is 10.0 Å². The summed E-state index contributed by atoms with van der Waals surface area (Å²) in [5.41, 5.74) is -1.03. The Morgan fingerprint density at radius 1 is 0.609 bits per heavy atom. The second-order valence-corrected chi connectivity index (χ2v) is 19.4. The van der Waals surface area contributed by atoms with Gasteiger partial charge in [0.05, 0.1) is 0 Å². The molecule has 0 bridgehead atoms. The summed E-state index contributed by atoms with van der Waals surface area (Å²) in [6.45, 7) is 19.0. The normalized spacial score (nSPS) is 18.9. The predicted molar refractivity (Wildman–Crippen MR) is 273 cm³/mol. The van der Waals surface area contributed by atoms with Crippen molar-refractivity contribution in [3.8, 4) is 0 Å². The van der Waals surface area contributed by atoms with Crippen molar-refractivity contribution >= 4 is 70.5 Å². The Labute approximate surface area is 426 Å². The van der Waals surface area contributed by atoms with E-state index in [0.717, 1.165) is 77.5 Å². The molecule has 0 spiro atoms. The van der Waals surface area contributed by atoms with Gasteiger partial charge in [-0.2, -0.15) is 0 Å². The number of alkyl halides is 1. The summed E-state index contributed by atoms with van der Waals surface area (Å²) in [6, 6.07) is 13.2. The molecule has 2 aliphatic rings. The first-order valence-corrected chi connectivity index (χ1v) is 25.9. The zero-order chi connectivity index (χ0) is 51.9. The number of ketones is 2. The molecule has 0 saturated heterocycles. The van der Waals surface area contributed by atoms with Crippen molar-refractivity contribution in [2.24, 2.45) is 11.8 Å². The van der Waals surface area contributed by atoms with Gasteiger partial charge in [-0.3, -0.25) is 38.8 Å². The van der Waals surface area contributed by atoms with E-state index in [1.807, 2.05) is 33.8 Å². The number of carbonyl (C=O) groups is 6. The quantitative estimate of drug-likeness (QED) is 0.0716. The Morgan fingerprint density at radius 3 is 1.32 bits per heavy atom. The molecule has 4 rings (SSSR count). The van der Waals surface area contributed by atoms with Gasteiger partial charge in [0.25, 0.3) is 0 Å². The van der Waals surface area contributed by atoms with E-state index in [1.165, 1.54) is 16.8 Å². The van der Waals surface area contributed by atoms with Gasteiger partial charge in [-0.25, -0.2) is 9.59 Å². The average molecular weight is 1030 g/mol. The summed E-state index contributed by atoms with van der Waals surface area (Å²) in [5.74, 6) is -0.976. The van der Waals surface area contributed by atoms with Gasteiger partial charge in [0.2, 0.25) is 6.79 Å². The van der Waals surface area contributed by atoms with Crippen LogP contribution < -0.4 is 0 Å². The summed E-state index contributed by atoms with van der Waals surface area (Å²) < 4.78 is 15.5. The van der Waals surface area contributed by atoms with Crippen LogP contribution in [-0.4, -0.2) is 126 Å².